The van der Waals surface area contributed by atoms with E-state index in [-0.39, 0.29) is 0 Å². The molecule has 0 N–H and O–H groups in total. The molecule has 2 aromatic rings. The molecule has 4 heteroatoms. The Bertz CT molecular complexity index is 860. The summed E-state index contributed by atoms with van der Waals surface area (Å²) in [4.78, 5) is 19.1. The lowest BCUT2D eigenvalue weighted by Gasteiger charge is -2.25. The highest BCUT2D eigenvalue weighted by atomic mass is 16.6. The van der Waals surface area contributed by atoms with E-state index >= 15 is 0 Å². The maximum absolute atomic E-state index is 12.2. The van der Waals surface area contributed by atoms with Crippen LogP contribution >= 0.6 is 0 Å². The summed E-state index contributed by atoms with van der Waals surface area (Å²) in [6, 6.07) is 17.9. The van der Waals surface area contributed by atoms with Gasteiger partial charge in [-0.05, 0) is 48.7 Å². The second-order valence-corrected chi connectivity index (χ2v) is 7.69. The minimum atomic E-state index is -0.404. The van der Waals surface area contributed by atoms with Crippen molar-refractivity contribution in [3.8, 4) is 0 Å². The molecule has 1 heterocycles. The Balaban J connectivity index is 1.71. The number of carbonyl (C=O) groups excluding carboxylic acids is 1. The van der Waals surface area contributed by atoms with Crippen molar-refractivity contribution in [1.29, 1.82) is 0 Å². The van der Waals surface area contributed by atoms with Crippen LogP contribution in [0.15, 0.2) is 65.3 Å². The number of hydrogen-bond acceptors (Lipinski definition) is 4. The van der Waals surface area contributed by atoms with E-state index in [1.807, 2.05) is 30.3 Å². The summed E-state index contributed by atoms with van der Waals surface area (Å²) in [5.74, 6) is -0.0415. The Kier molecular flexibility index (Phi) is 8.25. The van der Waals surface area contributed by atoms with Crippen molar-refractivity contribution in [2.45, 2.75) is 52.4 Å². The van der Waals surface area contributed by atoms with E-state index in [4.69, 9.17) is 4.74 Å². The van der Waals surface area contributed by atoms with Crippen LogP contribution in [0.25, 0.3) is 6.08 Å². The molecule has 1 aliphatic heterocycles. The molecule has 0 radical (unpaired) electrons. The number of hydrogen-bond donors (Lipinski definition) is 0. The number of nitrogens with zero attached hydrogens (tertiary/aromatic N) is 2. The topological polar surface area (TPSA) is 41.9 Å². The number of unbranched alkanes of at least 4 members (excludes halogenated alkanes) is 4. The lowest BCUT2D eigenvalue weighted by molar-refractivity contribution is -0.129. The van der Waals surface area contributed by atoms with Crippen molar-refractivity contribution in [2.24, 2.45) is 4.99 Å². The highest BCUT2D eigenvalue weighted by Gasteiger charge is 2.23. The largest absolute Gasteiger partial charge is 0.402 e. The van der Waals surface area contributed by atoms with Crippen molar-refractivity contribution >= 4 is 23.6 Å². The predicted molar refractivity (Wildman–Crippen MR) is 125 cm³/mol. The molecule has 0 saturated heterocycles. The molecule has 0 saturated carbocycles. The Morgan fingerprint density at radius 2 is 1.50 bits per heavy atom. The number of aliphatic imine (C=N–C) groups is 1. The SMILES string of the molecule is CCCCCN(CCCCC)c1ccc(/C=C2\N=C(c3ccccc3)OC2=O)cc1. The van der Waals surface area contributed by atoms with Crippen LogP contribution < -0.4 is 4.90 Å². The minimum Gasteiger partial charge on any atom is -0.402 e. The van der Waals surface area contributed by atoms with Crippen LogP contribution in [-0.4, -0.2) is 25.0 Å². The fraction of sp³-hybridized carbons (Fsp3) is 0.385. The third kappa shape index (κ3) is 6.06. The molecule has 30 heavy (non-hydrogen) atoms. The van der Waals surface area contributed by atoms with Gasteiger partial charge in [-0.2, -0.15) is 0 Å². The first kappa shape index (κ1) is 21.8. The molecule has 4 nitrogen and oxygen atoms in total. The minimum absolute atomic E-state index is 0.337. The lowest BCUT2D eigenvalue weighted by atomic mass is 10.1. The van der Waals surface area contributed by atoms with Crippen molar-refractivity contribution in [3.05, 3.63) is 71.4 Å². The van der Waals surface area contributed by atoms with Crippen molar-refractivity contribution in [2.75, 3.05) is 18.0 Å². The van der Waals surface area contributed by atoms with Gasteiger partial charge in [0.05, 0.1) is 0 Å². The maximum atomic E-state index is 12.2. The quantitative estimate of drug-likeness (QED) is 0.254. The molecule has 0 spiro atoms. The smallest absolute Gasteiger partial charge is 0.363 e. The monoisotopic (exact) mass is 404 g/mol. The molecule has 0 aliphatic carbocycles. The van der Waals surface area contributed by atoms with Crippen molar-refractivity contribution in [1.82, 2.24) is 0 Å². The van der Waals surface area contributed by atoms with E-state index in [1.165, 1.54) is 44.2 Å². The van der Waals surface area contributed by atoms with Crippen LogP contribution in [-0.2, 0) is 9.53 Å². The van der Waals surface area contributed by atoms with Crippen molar-refractivity contribution in [3.63, 3.8) is 0 Å². The summed E-state index contributed by atoms with van der Waals surface area (Å²) in [5, 5.41) is 0. The second-order valence-electron chi connectivity index (χ2n) is 7.69. The summed E-state index contributed by atoms with van der Waals surface area (Å²) in [6.45, 7) is 6.66. The predicted octanol–water partition coefficient (Wildman–Crippen LogP) is 6.22. The Morgan fingerprint density at radius 1 is 0.867 bits per heavy atom. The molecule has 3 rings (SSSR count). The highest BCUT2D eigenvalue weighted by molar-refractivity contribution is 6.12. The van der Waals surface area contributed by atoms with Gasteiger partial charge in [-0.3, -0.25) is 0 Å². The standard InChI is InChI=1S/C26H32N2O2/c1-3-5-10-18-28(19-11-6-4-2)23-16-14-21(15-17-23)20-24-26(29)30-25(27-24)22-12-8-7-9-13-22/h7-9,12-17,20H,3-6,10-11,18-19H2,1-2H3/b24-20-. The molecule has 0 aromatic heterocycles. The number of cyclic esters (lactones) is 1. The number of rotatable bonds is 11. The normalized spacial score (nSPS) is 14.7. The van der Waals surface area contributed by atoms with Gasteiger partial charge in [0.2, 0.25) is 5.90 Å². The van der Waals surface area contributed by atoms with E-state index < -0.39 is 5.97 Å². The Labute approximate surface area is 180 Å². The van der Waals surface area contributed by atoms with Crippen LogP contribution in [0.2, 0.25) is 0 Å². The summed E-state index contributed by atoms with van der Waals surface area (Å²) in [5.41, 5.74) is 3.33. The van der Waals surface area contributed by atoms with Gasteiger partial charge in [0, 0.05) is 24.3 Å². The number of esters is 1. The summed E-state index contributed by atoms with van der Waals surface area (Å²) in [6.07, 6.45) is 9.22. The van der Waals surface area contributed by atoms with Crippen molar-refractivity contribution < 1.29 is 9.53 Å². The van der Waals surface area contributed by atoms with Gasteiger partial charge in [0.15, 0.2) is 5.70 Å². The van der Waals surface area contributed by atoms with Crippen LogP contribution in [0.3, 0.4) is 0 Å². The van der Waals surface area contributed by atoms with E-state index in [1.54, 1.807) is 6.08 Å². The van der Waals surface area contributed by atoms with Gasteiger partial charge in [0.1, 0.15) is 0 Å². The van der Waals surface area contributed by atoms with E-state index in [0.717, 1.165) is 24.2 Å². The summed E-state index contributed by atoms with van der Waals surface area (Å²) >= 11 is 0. The van der Waals surface area contributed by atoms with Crippen LogP contribution in [0.1, 0.15) is 63.5 Å². The highest BCUT2D eigenvalue weighted by Crippen LogP contribution is 2.22. The number of benzene rings is 2. The zero-order valence-electron chi connectivity index (χ0n) is 18.1. The lowest BCUT2D eigenvalue weighted by Crippen LogP contribution is -2.25. The number of carbonyl (C=O) groups is 1. The van der Waals surface area contributed by atoms with Gasteiger partial charge in [0.25, 0.3) is 0 Å². The third-order valence-corrected chi connectivity index (χ3v) is 5.27. The molecule has 0 amide bonds. The van der Waals surface area contributed by atoms with E-state index in [0.29, 0.717) is 11.6 Å². The Hall–Kier alpha value is -2.88. The molecule has 158 valence electrons. The third-order valence-electron chi connectivity index (χ3n) is 5.27. The Morgan fingerprint density at radius 3 is 2.10 bits per heavy atom. The van der Waals surface area contributed by atoms with Crippen LogP contribution in [0.5, 0.6) is 0 Å². The molecule has 1 aliphatic rings. The second kappa shape index (κ2) is 11.3. The molecule has 2 aromatic carbocycles. The van der Waals surface area contributed by atoms with E-state index in [9.17, 15) is 4.79 Å². The van der Waals surface area contributed by atoms with Gasteiger partial charge in [-0.15, -0.1) is 0 Å². The van der Waals surface area contributed by atoms with Crippen LogP contribution in [0.4, 0.5) is 5.69 Å². The molecular formula is C26H32N2O2. The van der Waals surface area contributed by atoms with Gasteiger partial charge < -0.3 is 9.64 Å². The summed E-state index contributed by atoms with van der Waals surface area (Å²) < 4.78 is 5.34. The first-order chi connectivity index (χ1) is 14.7. The number of ether oxygens (including phenoxy) is 1. The molecule has 0 unspecified atom stereocenters. The molecule has 0 fully saturated rings. The molecule has 0 atom stereocenters. The molecular weight excluding hydrogens is 372 g/mol. The average molecular weight is 405 g/mol. The van der Waals surface area contributed by atoms with Gasteiger partial charge >= 0.3 is 5.97 Å². The fourth-order valence-corrected chi connectivity index (χ4v) is 3.53. The first-order valence-electron chi connectivity index (χ1n) is 11.1. The van der Waals surface area contributed by atoms with Gasteiger partial charge in [-0.25, -0.2) is 9.79 Å². The fourth-order valence-electron chi connectivity index (χ4n) is 3.53. The summed E-state index contributed by atoms with van der Waals surface area (Å²) in [7, 11) is 0. The molecule has 0 bridgehead atoms. The maximum Gasteiger partial charge on any atom is 0.363 e. The van der Waals surface area contributed by atoms with Crippen LogP contribution in [0, 0.1) is 0 Å². The zero-order chi connectivity index (χ0) is 21.2. The number of anilines is 1. The van der Waals surface area contributed by atoms with Gasteiger partial charge in [-0.1, -0.05) is 69.9 Å². The zero-order valence-corrected chi connectivity index (χ0v) is 18.1. The first-order valence-corrected chi connectivity index (χ1v) is 11.1. The van der Waals surface area contributed by atoms with E-state index in [2.05, 4.69) is 48.0 Å². The average Bonchev–Trinajstić information content (AvgIpc) is 3.14.